The second kappa shape index (κ2) is 10.5. The van der Waals surface area contributed by atoms with Crippen molar-refractivity contribution in [2.75, 3.05) is 31.4 Å². The van der Waals surface area contributed by atoms with Crippen molar-refractivity contribution in [1.82, 2.24) is 4.90 Å². The van der Waals surface area contributed by atoms with E-state index in [1.54, 1.807) is 0 Å². The van der Waals surface area contributed by atoms with Gasteiger partial charge in [0.05, 0.1) is 0 Å². The number of halogens is 2. The van der Waals surface area contributed by atoms with Crippen LogP contribution in [0.2, 0.25) is 0 Å². The molecule has 0 radical (unpaired) electrons. The summed E-state index contributed by atoms with van der Waals surface area (Å²) in [5.74, 6) is 2.02. The van der Waals surface area contributed by atoms with Gasteiger partial charge in [-0.1, -0.05) is 37.1 Å². The van der Waals surface area contributed by atoms with Crippen molar-refractivity contribution in [3.63, 3.8) is 0 Å². The summed E-state index contributed by atoms with van der Waals surface area (Å²) in [7, 11) is 0. The van der Waals surface area contributed by atoms with Gasteiger partial charge in [0.1, 0.15) is 0 Å². The Labute approximate surface area is 140 Å². The maximum Gasteiger partial charge on any atom is 0.0351 e. The van der Waals surface area contributed by atoms with Crippen LogP contribution in [0.15, 0.2) is 18.2 Å². The van der Waals surface area contributed by atoms with E-state index in [1.165, 1.54) is 36.0 Å². The zero-order valence-corrected chi connectivity index (χ0v) is 15.2. The summed E-state index contributed by atoms with van der Waals surface area (Å²) in [6, 6.07) is 6.80. The number of rotatable bonds is 10. The molecular formula is C18H29Cl2N. The summed E-state index contributed by atoms with van der Waals surface area (Å²) < 4.78 is 0. The van der Waals surface area contributed by atoms with Crippen molar-refractivity contribution in [2.45, 2.75) is 46.0 Å². The summed E-state index contributed by atoms with van der Waals surface area (Å²) in [5.41, 5.74) is 4.27. The van der Waals surface area contributed by atoms with Gasteiger partial charge in [-0.15, -0.1) is 23.2 Å². The number of hydrogen-bond donors (Lipinski definition) is 0. The third kappa shape index (κ3) is 7.04. The lowest BCUT2D eigenvalue weighted by Gasteiger charge is -2.20. The molecule has 1 nitrogen and oxygen atoms in total. The van der Waals surface area contributed by atoms with Crippen LogP contribution >= 0.6 is 23.2 Å². The fraction of sp³-hybridized carbons (Fsp3) is 0.667. The lowest BCUT2D eigenvalue weighted by atomic mass is 9.91. The molecule has 21 heavy (non-hydrogen) atoms. The lowest BCUT2D eigenvalue weighted by Crippen LogP contribution is -2.29. The first-order chi connectivity index (χ1) is 10.1. The molecule has 0 saturated carbocycles. The monoisotopic (exact) mass is 329 g/mol. The van der Waals surface area contributed by atoms with Crippen molar-refractivity contribution >= 4 is 23.2 Å². The van der Waals surface area contributed by atoms with Crippen molar-refractivity contribution in [3.8, 4) is 0 Å². The topological polar surface area (TPSA) is 3.24 Å². The van der Waals surface area contributed by atoms with Crippen molar-refractivity contribution in [3.05, 3.63) is 34.9 Å². The molecular weight excluding hydrogens is 301 g/mol. The predicted octanol–water partition coefficient (Wildman–Crippen LogP) is 5.36. The second-order valence-corrected chi connectivity index (χ2v) is 6.73. The maximum atomic E-state index is 5.82. The number of aryl methyl sites for hydroxylation is 2. The number of benzene rings is 1. The van der Waals surface area contributed by atoms with Gasteiger partial charge in [0, 0.05) is 24.8 Å². The van der Waals surface area contributed by atoms with Gasteiger partial charge in [0.2, 0.25) is 0 Å². The lowest BCUT2D eigenvalue weighted by molar-refractivity contribution is 0.298. The summed E-state index contributed by atoms with van der Waals surface area (Å²) in [5, 5.41) is 0. The highest BCUT2D eigenvalue weighted by molar-refractivity contribution is 6.18. The standard InChI is InChI=1S/C18H29Cl2N/c1-15-7-8-18(17(3)14-15)16(2)6-4-5-11-21(12-9-19)13-10-20/h7-8,14,16H,4-6,9-13H2,1-3H3. The van der Waals surface area contributed by atoms with Crippen molar-refractivity contribution in [2.24, 2.45) is 0 Å². The van der Waals surface area contributed by atoms with Gasteiger partial charge in [-0.2, -0.15) is 0 Å². The Morgan fingerprint density at radius 3 is 2.24 bits per heavy atom. The summed E-state index contributed by atoms with van der Waals surface area (Å²) in [6.45, 7) is 9.72. The third-order valence-corrected chi connectivity index (χ3v) is 4.46. The molecule has 1 unspecified atom stereocenters. The zero-order chi connectivity index (χ0) is 15.7. The Balaban J connectivity index is 2.34. The largest absolute Gasteiger partial charge is 0.301 e. The first-order valence-corrected chi connectivity index (χ1v) is 9.06. The minimum atomic E-state index is 0.639. The molecule has 0 saturated heterocycles. The molecule has 1 aromatic carbocycles. The van der Waals surface area contributed by atoms with Crippen LogP contribution in [0.3, 0.4) is 0 Å². The molecule has 0 bridgehead atoms. The highest BCUT2D eigenvalue weighted by Gasteiger charge is 2.09. The molecule has 0 amide bonds. The van der Waals surface area contributed by atoms with Gasteiger partial charge in [-0.05, 0) is 50.3 Å². The summed E-state index contributed by atoms with van der Waals surface area (Å²) >= 11 is 11.6. The molecule has 0 heterocycles. The molecule has 0 fully saturated rings. The number of hydrogen-bond acceptors (Lipinski definition) is 1. The minimum absolute atomic E-state index is 0.639. The number of nitrogens with zero attached hydrogens (tertiary/aromatic N) is 1. The van der Waals surface area contributed by atoms with Gasteiger partial charge in [0.25, 0.3) is 0 Å². The van der Waals surface area contributed by atoms with E-state index in [0.717, 1.165) is 19.6 Å². The van der Waals surface area contributed by atoms with Crippen LogP contribution in [0.5, 0.6) is 0 Å². The number of unbranched alkanes of at least 4 members (excludes halogenated alkanes) is 1. The van der Waals surface area contributed by atoms with Crippen LogP contribution < -0.4 is 0 Å². The first-order valence-electron chi connectivity index (χ1n) is 8.00. The van der Waals surface area contributed by atoms with E-state index in [9.17, 15) is 0 Å². The van der Waals surface area contributed by atoms with Crippen molar-refractivity contribution < 1.29 is 0 Å². The Hall–Kier alpha value is -0.240. The van der Waals surface area contributed by atoms with Crippen LogP contribution in [-0.2, 0) is 0 Å². The van der Waals surface area contributed by atoms with E-state index < -0.39 is 0 Å². The van der Waals surface area contributed by atoms with Crippen LogP contribution in [0.25, 0.3) is 0 Å². The van der Waals surface area contributed by atoms with Gasteiger partial charge in [0.15, 0.2) is 0 Å². The summed E-state index contributed by atoms with van der Waals surface area (Å²) in [6.07, 6.45) is 3.73. The van der Waals surface area contributed by atoms with E-state index in [4.69, 9.17) is 23.2 Å². The SMILES string of the molecule is Cc1ccc(C(C)CCCCN(CCCl)CCCl)c(C)c1. The molecule has 0 aromatic heterocycles. The average molecular weight is 330 g/mol. The van der Waals surface area contributed by atoms with Crippen molar-refractivity contribution in [1.29, 1.82) is 0 Å². The van der Waals surface area contributed by atoms with Crippen LogP contribution in [0.4, 0.5) is 0 Å². The first kappa shape index (κ1) is 18.8. The highest BCUT2D eigenvalue weighted by atomic mass is 35.5. The quantitative estimate of drug-likeness (QED) is 0.412. The van der Waals surface area contributed by atoms with Crippen LogP contribution in [0, 0.1) is 13.8 Å². The molecule has 1 rings (SSSR count). The number of alkyl halides is 2. The molecule has 0 aliphatic carbocycles. The Bertz CT molecular complexity index is 400. The average Bonchev–Trinajstić information content (AvgIpc) is 2.43. The normalized spacial score (nSPS) is 12.9. The zero-order valence-electron chi connectivity index (χ0n) is 13.7. The Morgan fingerprint density at radius 2 is 1.67 bits per heavy atom. The molecule has 0 spiro atoms. The third-order valence-electron chi connectivity index (χ3n) is 4.12. The van der Waals surface area contributed by atoms with Gasteiger partial charge >= 0.3 is 0 Å². The smallest absolute Gasteiger partial charge is 0.0351 e. The van der Waals surface area contributed by atoms with E-state index in [1.807, 2.05) is 0 Å². The molecule has 1 atom stereocenters. The van der Waals surface area contributed by atoms with E-state index in [0.29, 0.717) is 17.7 Å². The van der Waals surface area contributed by atoms with Gasteiger partial charge in [-0.25, -0.2) is 0 Å². The molecule has 0 aliphatic heterocycles. The Morgan fingerprint density at radius 1 is 1.00 bits per heavy atom. The Kier molecular flexibility index (Phi) is 9.39. The minimum Gasteiger partial charge on any atom is -0.301 e. The molecule has 3 heteroatoms. The van der Waals surface area contributed by atoms with Gasteiger partial charge in [-0.3, -0.25) is 0 Å². The fourth-order valence-electron chi connectivity index (χ4n) is 2.89. The van der Waals surface area contributed by atoms with E-state index in [-0.39, 0.29) is 0 Å². The summed E-state index contributed by atoms with van der Waals surface area (Å²) in [4.78, 5) is 2.36. The maximum absolute atomic E-state index is 5.82. The van der Waals surface area contributed by atoms with E-state index in [2.05, 4.69) is 43.9 Å². The molecule has 1 aromatic rings. The predicted molar refractivity (Wildman–Crippen MR) is 96.1 cm³/mol. The molecule has 120 valence electrons. The van der Waals surface area contributed by atoms with E-state index >= 15 is 0 Å². The van der Waals surface area contributed by atoms with Crippen LogP contribution in [-0.4, -0.2) is 36.3 Å². The van der Waals surface area contributed by atoms with Gasteiger partial charge < -0.3 is 4.90 Å². The van der Waals surface area contributed by atoms with Crippen LogP contribution in [0.1, 0.15) is 48.8 Å². The highest BCUT2D eigenvalue weighted by Crippen LogP contribution is 2.25. The molecule has 0 N–H and O–H groups in total. The second-order valence-electron chi connectivity index (χ2n) is 5.98. The fourth-order valence-corrected chi connectivity index (χ4v) is 3.37. The molecule has 0 aliphatic rings.